The molecule has 9 heteroatoms. The van der Waals surface area contributed by atoms with E-state index in [1.807, 2.05) is 30.3 Å². The normalized spacial score (nSPS) is 13.5. The van der Waals surface area contributed by atoms with Crippen molar-refractivity contribution in [1.29, 1.82) is 0 Å². The highest BCUT2D eigenvalue weighted by molar-refractivity contribution is 6.31. The van der Waals surface area contributed by atoms with Gasteiger partial charge in [-0.15, -0.1) is 0 Å². The summed E-state index contributed by atoms with van der Waals surface area (Å²) in [5.74, 6) is -1.10. The number of nitrogens with zero attached hydrogens (tertiary/aromatic N) is 2. The number of nitrogens with one attached hydrogen (secondary N) is 1. The van der Waals surface area contributed by atoms with Gasteiger partial charge in [0.05, 0.1) is 22.8 Å². The Morgan fingerprint density at radius 3 is 2.33 bits per heavy atom. The molecule has 0 bridgehead atoms. The van der Waals surface area contributed by atoms with Gasteiger partial charge in [-0.3, -0.25) is 14.8 Å². The zero-order chi connectivity index (χ0) is 21.9. The van der Waals surface area contributed by atoms with Gasteiger partial charge in [-0.05, 0) is 30.7 Å². The van der Waals surface area contributed by atoms with Crippen LogP contribution in [0.25, 0.3) is 11.1 Å². The molecule has 1 aromatic carbocycles. The first-order valence-electron chi connectivity index (χ1n) is 8.80. The van der Waals surface area contributed by atoms with Crippen LogP contribution in [0.5, 0.6) is 0 Å². The molecule has 0 aliphatic carbocycles. The highest BCUT2D eigenvalue weighted by Gasteiger charge is 2.38. The summed E-state index contributed by atoms with van der Waals surface area (Å²) < 4.78 is 54.3. The topological polar surface area (TPSA) is 54.9 Å². The Morgan fingerprint density at radius 1 is 1.00 bits per heavy atom. The maximum Gasteiger partial charge on any atom is 0.434 e. The lowest BCUT2D eigenvalue weighted by molar-refractivity contribution is -0.141. The molecule has 1 unspecified atom stereocenters. The van der Waals surface area contributed by atoms with Gasteiger partial charge in [-0.2, -0.15) is 13.2 Å². The van der Waals surface area contributed by atoms with Crippen LogP contribution in [0, 0.1) is 0 Å². The zero-order valence-electron chi connectivity index (χ0n) is 15.7. The summed E-state index contributed by atoms with van der Waals surface area (Å²) in [6.07, 6.45) is -2.44. The molecule has 2 heterocycles. The molecule has 1 amide bonds. The van der Waals surface area contributed by atoms with E-state index in [0.29, 0.717) is 5.56 Å². The average molecular weight is 438 g/mol. The lowest BCUT2D eigenvalue weighted by Gasteiger charge is -2.22. The Hall–Kier alpha value is -3.00. The second-order valence-electron chi connectivity index (χ2n) is 6.70. The second kappa shape index (κ2) is 8.39. The molecule has 156 valence electrons. The number of halogens is 5. The fraction of sp³-hybridized carbons (Fsp3) is 0.190. The molecule has 0 spiro atoms. The van der Waals surface area contributed by atoms with E-state index in [9.17, 15) is 18.0 Å². The number of alkyl halides is 4. The molecule has 4 nitrogen and oxygen atoms in total. The number of hydrogen-bond donors (Lipinski definition) is 1. The molecule has 0 radical (unpaired) electrons. The monoisotopic (exact) mass is 437 g/mol. The predicted molar refractivity (Wildman–Crippen MR) is 105 cm³/mol. The molecule has 3 rings (SSSR count). The van der Waals surface area contributed by atoms with Gasteiger partial charge in [0.25, 0.3) is 5.91 Å². The standard InChI is InChI=1S/C21H16ClF4N3O/c1-20(23,12-29-19(30)15-8-5-9-27-17(15)21(24,25)26)18-16(22)10-14(11-28-18)13-6-3-2-4-7-13/h2-11H,12H2,1H3,(H,29,30). The van der Waals surface area contributed by atoms with Crippen LogP contribution >= 0.6 is 11.6 Å². The fourth-order valence-corrected chi connectivity index (χ4v) is 3.21. The summed E-state index contributed by atoms with van der Waals surface area (Å²) >= 11 is 6.21. The van der Waals surface area contributed by atoms with Crippen molar-refractivity contribution in [3.05, 3.63) is 82.9 Å². The minimum atomic E-state index is -4.81. The average Bonchev–Trinajstić information content (AvgIpc) is 2.72. The molecular formula is C21H16ClF4N3O. The van der Waals surface area contributed by atoms with Crippen molar-refractivity contribution in [2.45, 2.75) is 18.8 Å². The molecule has 2 aromatic heterocycles. The highest BCUT2D eigenvalue weighted by atomic mass is 35.5. The molecule has 3 aromatic rings. The lowest BCUT2D eigenvalue weighted by Crippen LogP contribution is -2.37. The Morgan fingerprint density at radius 2 is 1.70 bits per heavy atom. The van der Waals surface area contributed by atoms with Gasteiger partial charge in [0, 0.05) is 18.0 Å². The van der Waals surface area contributed by atoms with Gasteiger partial charge in [0.1, 0.15) is 0 Å². The van der Waals surface area contributed by atoms with Gasteiger partial charge in [0.2, 0.25) is 0 Å². The molecule has 0 aliphatic rings. The summed E-state index contributed by atoms with van der Waals surface area (Å²) in [4.78, 5) is 19.5. The van der Waals surface area contributed by atoms with Crippen molar-refractivity contribution in [2.75, 3.05) is 6.54 Å². The van der Waals surface area contributed by atoms with Crippen molar-refractivity contribution in [3.8, 4) is 11.1 Å². The Balaban J connectivity index is 1.78. The van der Waals surface area contributed by atoms with Crippen molar-refractivity contribution in [3.63, 3.8) is 0 Å². The molecule has 30 heavy (non-hydrogen) atoms. The number of carbonyl (C=O) groups excluding carboxylic acids is 1. The third-order valence-electron chi connectivity index (χ3n) is 4.34. The first-order valence-corrected chi connectivity index (χ1v) is 9.18. The summed E-state index contributed by atoms with van der Waals surface area (Å²) in [6.45, 7) is 0.507. The van der Waals surface area contributed by atoms with Crippen LogP contribution in [0.3, 0.4) is 0 Å². The summed E-state index contributed by atoms with van der Waals surface area (Å²) in [6, 6.07) is 12.9. The van der Waals surface area contributed by atoms with Gasteiger partial charge < -0.3 is 5.32 Å². The van der Waals surface area contributed by atoms with Crippen LogP contribution < -0.4 is 5.32 Å². The Kier molecular flexibility index (Phi) is 6.07. The van der Waals surface area contributed by atoms with E-state index in [4.69, 9.17) is 11.6 Å². The molecular weight excluding hydrogens is 422 g/mol. The van der Waals surface area contributed by atoms with Crippen LogP contribution in [-0.4, -0.2) is 22.4 Å². The zero-order valence-corrected chi connectivity index (χ0v) is 16.4. The number of hydrogen-bond acceptors (Lipinski definition) is 3. The van der Waals surface area contributed by atoms with Crippen LogP contribution in [0.4, 0.5) is 17.6 Å². The van der Waals surface area contributed by atoms with Crippen molar-refractivity contribution < 1.29 is 22.4 Å². The van der Waals surface area contributed by atoms with Gasteiger partial charge in [-0.25, -0.2) is 4.39 Å². The van der Waals surface area contributed by atoms with Crippen LogP contribution in [0.15, 0.2) is 60.9 Å². The second-order valence-corrected chi connectivity index (χ2v) is 7.11. The molecule has 1 atom stereocenters. The SMILES string of the molecule is CC(F)(CNC(=O)c1cccnc1C(F)(F)F)c1ncc(-c2ccccc2)cc1Cl. The number of rotatable bonds is 5. The van der Waals surface area contributed by atoms with Gasteiger partial charge >= 0.3 is 6.18 Å². The smallest absolute Gasteiger partial charge is 0.348 e. The van der Waals surface area contributed by atoms with E-state index in [0.717, 1.165) is 24.8 Å². The minimum Gasteiger partial charge on any atom is -0.348 e. The van der Waals surface area contributed by atoms with E-state index >= 15 is 4.39 Å². The third kappa shape index (κ3) is 4.76. The van der Waals surface area contributed by atoms with Crippen molar-refractivity contribution in [2.24, 2.45) is 0 Å². The number of carbonyl (C=O) groups is 1. The predicted octanol–water partition coefficient (Wildman–Crippen LogP) is 5.43. The summed E-state index contributed by atoms with van der Waals surface area (Å²) in [7, 11) is 0. The van der Waals surface area contributed by atoms with Crippen molar-refractivity contribution >= 4 is 17.5 Å². The quantitative estimate of drug-likeness (QED) is 0.541. The minimum absolute atomic E-state index is 0.0351. The molecule has 0 saturated carbocycles. The lowest BCUT2D eigenvalue weighted by atomic mass is 10.0. The third-order valence-corrected chi connectivity index (χ3v) is 4.63. The van der Waals surface area contributed by atoms with Crippen LogP contribution in [0.2, 0.25) is 5.02 Å². The van der Waals surface area contributed by atoms with Gasteiger partial charge in [-0.1, -0.05) is 41.9 Å². The largest absolute Gasteiger partial charge is 0.434 e. The Labute approximate surface area is 174 Å². The van der Waals surface area contributed by atoms with E-state index in [-0.39, 0.29) is 10.7 Å². The number of amides is 1. The molecule has 0 fully saturated rings. The summed E-state index contributed by atoms with van der Waals surface area (Å²) in [5, 5.41) is 2.21. The first-order chi connectivity index (χ1) is 14.1. The first kappa shape index (κ1) is 21.7. The Bertz CT molecular complexity index is 1060. The van der Waals surface area contributed by atoms with E-state index < -0.39 is 35.6 Å². The van der Waals surface area contributed by atoms with E-state index in [2.05, 4.69) is 15.3 Å². The summed E-state index contributed by atoms with van der Waals surface area (Å²) in [5.41, 5.74) is -2.88. The fourth-order valence-electron chi connectivity index (χ4n) is 2.85. The van der Waals surface area contributed by atoms with Crippen LogP contribution in [0.1, 0.15) is 28.7 Å². The number of benzene rings is 1. The molecule has 0 saturated heterocycles. The molecule has 0 aliphatic heterocycles. The van der Waals surface area contributed by atoms with E-state index in [1.165, 1.54) is 12.3 Å². The molecule has 1 N–H and O–H groups in total. The van der Waals surface area contributed by atoms with Crippen LogP contribution in [-0.2, 0) is 11.8 Å². The number of pyridine rings is 2. The highest BCUT2D eigenvalue weighted by Crippen LogP contribution is 2.33. The van der Waals surface area contributed by atoms with Gasteiger partial charge in [0.15, 0.2) is 11.4 Å². The van der Waals surface area contributed by atoms with E-state index in [1.54, 1.807) is 6.07 Å². The maximum absolute atomic E-state index is 15.2. The number of aromatic nitrogens is 2. The van der Waals surface area contributed by atoms with Crippen molar-refractivity contribution in [1.82, 2.24) is 15.3 Å². The maximum atomic E-state index is 15.2.